The first-order chi connectivity index (χ1) is 4.79. The van der Waals surface area contributed by atoms with Gasteiger partial charge in [-0.3, -0.25) is 4.79 Å². The number of amides is 1. The molecule has 4 heteroatoms. The van der Waals surface area contributed by atoms with Crippen LogP contribution in [-0.4, -0.2) is 31.6 Å². The highest BCUT2D eigenvalue weighted by Crippen LogP contribution is 1.91. The van der Waals surface area contributed by atoms with Gasteiger partial charge in [0.25, 0.3) is 0 Å². The maximum atomic E-state index is 10.4. The maximum absolute atomic E-state index is 10.4. The lowest BCUT2D eigenvalue weighted by molar-refractivity contribution is -0.118. The number of piperazine rings is 1. The van der Waals surface area contributed by atoms with E-state index in [1.165, 1.54) is 0 Å². The number of carbonyl (C=O) groups excluding carboxylic acids is 1. The molecule has 0 aromatic rings. The standard InChI is InChI=1S/C6H13N3O/c7-6(10)3-5-4-8-1-2-9-5/h5,8-9H,1-4H2,(H2,7,10)/t5-/m1/s1. The van der Waals surface area contributed by atoms with Crippen molar-refractivity contribution in [3.05, 3.63) is 0 Å². The van der Waals surface area contributed by atoms with Gasteiger partial charge < -0.3 is 16.4 Å². The molecular weight excluding hydrogens is 130 g/mol. The van der Waals surface area contributed by atoms with Crippen LogP contribution in [0.1, 0.15) is 6.42 Å². The monoisotopic (exact) mass is 143 g/mol. The molecule has 1 heterocycles. The van der Waals surface area contributed by atoms with Crippen molar-refractivity contribution in [3.63, 3.8) is 0 Å². The Balaban J connectivity index is 2.19. The summed E-state index contributed by atoms with van der Waals surface area (Å²) in [5.74, 6) is -0.235. The predicted octanol–water partition coefficient (Wildman–Crippen LogP) is -1.58. The zero-order valence-electron chi connectivity index (χ0n) is 5.89. The molecule has 10 heavy (non-hydrogen) atoms. The molecule has 4 nitrogen and oxygen atoms in total. The molecule has 0 spiro atoms. The summed E-state index contributed by atoms with van der Waals surface area (Å²) in [6, 6.07) is 0.242. The second kappa shape index (κ2) is 3.53. The largest absolute Gasteiger partial charge is 0.370 e. The Morgan fingerprint density at radius 1 is 1.60 bits per heavy atom. The third-order valence-electron chi connectivity index (χ3n) is 1.57. The van der Waals surface area contributed by atoms with E-state index in [-0.39, 0.29) is 11.9 Å². The topological polar surface area (TPSA) is 67.2 Å². The second-order valence-electron chi connectivity index (χ2n) is 2.53. The molecule has 1 saturated heterocycles. The van der Waals surface area contributed by atoms with E-state index in [1.54, 1.807) is 0 Å². The fourth-order valence-electron chi connectivity index (χ4n) is 1.10. The lowest BCUT2D eigenvalue weighted by Gasteiger charge is -2.22. The molecule has 1 rings (SSSR count). The van der Waals surface area contributed by atoms with E-state index in [0.29, 0.717) is 6.42 Å². The summed E-state index contributed by atoms with van der Waals surface area (Å²) in [5.41, 5.74) is 5.02. The van der Waals surface area contributed by atoms with Crippen molar-refractivity contribution in [3.8, 4) is 0 Å². The summed E-state index contributed by atoms with van der Waals surface area (Å²) in [4.78, 5) is 10.4. The number of hydrogen-bond donors (Lipinski definition) is 3. The van der Waals surface area contributed by atoms with Crippen LogP contribution < -0.4 is 16.4 Å². The lowest BCUT2D eigenvalue weighted by atomic mass is 10.1. The summed E-state index contributed by atoms with van der Waals surface area (Å²) in [7, 11) is 0. The van der Waals surface area contributed by atoms with Gasteiger partial charge in [-0.1, -0.05) is 0 Å². The van der Waals surface area contributed by atoms with Crippen molar-refractivity contribution in [2.75, 3.05) is 19.6 Å². The zero-order chi connectivity index (χ0) is 7.40. The molecule has 0 unspecified atom stereocenters. The van der Waals surface area contributed by atoms with E-state index in [2.05, 4.69) is 10.6 Å². The molecular formula is C6H13N3O. The van der Waals surface area contributed by atoms with Crippen molar-refractivity contribution in [1.29, 1.82) is 0 Å². The van der Waals surface area contributed by atoms with E-state index in [4.69, 9.17) is 5.73 Å². The molecule has 0 aromatic heterocycles. The third-order valence-corrected chi connectivity index (χ3v) is 1.57. The molecule has 0 aliphatic carbocycles. The molecule has 1 amide bonds. The van der Waals surface area contributed by atoms with Gasteiger partial charge in [-0.25, -0.2) is 0 Å². The highest BCUT2D eigenvalue weighted by atomic mass is 16.1. The summed E-state index contributed by atoms with van der Waals surface area (Å²) in [6.45, 7) is 2.76. The van der Waals surface area contributed by atoms with Crippen LogP contribution in [-0.2, 0) is 4.79 Å². The minimum absolute atomic E-state index is 0.235. The predicted molar refractivity (Wildman–Crippen MR) is 38.5 cm³/mol. The van der Waals surface area contributed by atoms with Crippen LogP contribution in [0.5, 0.6) is 0 Å². The van der Waals surface area contributed by atoms with Crippen molar-refractivity contribution in [2.24, 2.45) is 5.73 Å². The Morgan fingerprint density at radius 2 is 2.40 bits per heavy atom. The highest BCUT2D eigenvalue weighted by molar-refractivity contribution is 5.74. The summed E-state index contributed by atoms with van der Waals surface area (Å²) in [5, 5.41) is 6.36. The van der Waals surface area contributed by atoms with Crippen molar-refractivity contribution in [2.45, 2.75) is 12.5 Å². The molecule has 0 bridgehead atoms. The van der Waals surface area contributed by atoms with Crippen LogP contribution in [0.3, 0.4) is 0 Å². The lowest BCUT2D eigenvalue weighted by Crippen LogP contribution is -2.49. The third kappa shape index (κ3) is 2.33. The van der Waals surface area contributed by atoms with E-state index < -0.39 is 0 Å². The average Bonchev–Trinajstić information content (AvgIpc) is 1.88. The quantitative estimate of drug-likeness (QED) is 0.437. The molecule has 0 saturated carbocycles. The van der Waals surface area contributed by atoms with Crippen molar-refractivity contribution < 1.29 is 4.79 Å². The summed E-state index contributed by atoms with van der Waals surface area (Å²) >= 11 is 0. The number of primary amides is 1. The Kier molecular flexibility index (Phi) is 2.65. The van der Waals surface area contributed by atoms with Gasteiger partial charge in [0.15, 0.2) is 0 Å². The molecule has 1 atom stereocenters. The van der Waals surface area contributed by atoms with Gasteiger partial charge in [0.1, 0.15) is 0 Å². The van der Waals surface area contributed by atoms with E-state index in [0.717, 1.165) is 19.6 Å². The van der Waals surface area contributed by atoms with Crippen molar-refractivity contribution >= 4 is 5.91 Å². The van der Waals surface area contributed by atoms with Crippen LogP contribution in [0.15, 0.2) is 0 Å². The van der Waals surface area contributed by atoms with Gasteiger partial charge >= 0.3 is 0 Å². The molecule has 0 aromatic carbocycles. The fourth-order valence-corrected chi connectivity index (χ4v) is 1.10. The van der Waals surface area contributed by atoms with Gasteiger partial charge in [0.2, 0.25) is 5.91 Å². The summed E-state index contributed by atoms with van der Waals surface area (Å²) < 4.78 is 0. The fraction of sp³-hybridized carbons (Fsp3) is 0.833. The zero-order valence-corrected chi connectivity index (χ0v) is 5.89. The minimum Gasteiger partial charge on any atom is -0.370 e. The van der Waals surface area contributed by atoms with E-state index >= 15 is 0 Å². The van der Waals surface area contributed by atoms with E-state index in [1.807, 2.05) is 0 Å². The minimum atomic E-state index is -0.235. The van der Waals surface area contributed by atoms with Gasteiger partial charge in [0, 0.05) is 32.1 Å². The van der Waals surface area contributed by atoms with Crippen LogP contribution in [0.2, 0.25) is 0 Å². The SMILES string of the molecule is NC(=O)C[C@@H]1CNCCN1. The number of carbonyl (C=O) groups is 1. The number of rotatable bonds is 2. The van der Waals surface area contributed by atoms with Crippen LogP contribution >= 0.6 is 0 Å². The van der Waals surface area contributed by atoms with Gasteiger partial charge in [-0.05, 0) is 0 Å². The number of nitrogens with one attached hydrogen (secondary N) is 2. The molecule has 1 fully saturated rings. The van der Waals surface area contributed by atoms with Gasteiger partial charge in [-0.15, -0.1) is 0 Å². The Bertz CT molecular complexity index is 120. The number of nitrogens with two attached hydrogens (primary N) is 1. The van der Waals surface area contributed by atoms with Crippen LogP contribution in [0, 0.1) is 0 Å². The smallest absolute Gasteiger partial charge is 0.219 e. The van der Waals surface area contributed by atoms with Gasteiger partial charge in [-0.2, -0.15) is 0 Å². The maximum Gasteiger partial charge on any atom is 0.219 e. The van der Waals surface area contributed by atoms with Crippen LogP contribution in [0.4, 0.5) is 0 Å². The van der Waals surface area contributed by atoms with Crippen molar-refractivity contribution in [1.82, 2.24) is 10.6 Å². The normalized spacial score (nSPS) is 26.2. The average molecular weight is 143 g/mol. The van der Waals surface area contributed by atoms with Crippen LogP contribution in [0.25, 0.3) is 0 Å². The Labute approximate surface area is 60.2 Å². The number of hydrogen-bond acceptors (Lipinski definition) is 3. The first kappa shape index (κ1) is 7.50. The molecule has 58 valence electrons. The molecule has 1 aliphatic rings. The molecule has 0 radical (unpaired) electrons. The van der Waals surface area contributed by atoms with E-state index in [9.17, 15) is 4.79 Å². The first-order valence-corrected chi connectivity index (χ1v) is 3.51. The Hall–Kier alpha value is -0.610. The highest BCUT2D eigenvalue weighted by Gasteiger charge is 2.13. The second-order valence-corrected chi connectivity index (χ2v) is 2.53. The van der Waals surface area contributed by atoms with Gasteiger partial charge in [0.05, 0.1) is 0 Å². The molecule has 4 N–H and O–H groups in total. The summed E-state index contributed by atoms with van der Waals surface area (Å²) in [6.07, 6.45) is 0.438. The first-order valence-electron chi connectivity index (χ1n) is 3.51. The Morgan fingerprint density at radius 3 is 2.90 bits per heavy atom. The molecule has 1 aliphatic heterocycles.